The van der Waals surface area contributed by atoms with Gasteiger partial charge < -0.3 is 0 Å². The van der Waals surface area contributed by atoms with Crippen molar-refractivity contribution in [2.75, 3.05) is 0 Å². The van der Waals surface area contributed by atoms with Gasteiger partial charge in [-0.1, -0.05) is 51.3 Å². The number of hydrogen-bond donors (Lipinski definition) is 2. The zero-order valence-electron chi connectivity index (χ0n) is 11.5. The number of nitrogens with one attached hydrogen (secondary N) is 1. The van der Waals surface area contributed by atoms with E-state index in [1.54, 1.807) is 6.07 Å². The fraction of sp³-hybridized carbons (Fsp3) is 0.600. The third-order valence-corrected chi connectivity index (χ3v) is 3.63. The maximum absolute atomic E-state index is 13.6. The lowest BCUT2D eigenvalue weighted by atomic mass is 9.88. The van der Waals surface area contributed by atoms with Crippen molar-refractivity contribution in [2.24, 2.45) is 11.8 Å². The van der Waals surface area contributed by atoms with Gasteiger partial charge in [-0.15, -0.1) is 0 Å². The molecule has 1 aromatic rings. The summed E-state index contributed by atoms with van der Waals surface area (Å²) in [6.45, 7) is 4.36. The summed E-state index contributed by atoms with van der Waals surface area (Å²) >= 11 is 0. The van der Waals surface area contributed by atoms with Gasteiger partial charge in [0.2, 0.25) is 0 Å². The van der Waals surface area contributed by atoms with Crippen LogP contribution in [0.4, 0.5) is 4.39 Å². The molecule has 2 atom stereocenters. The summed E-state index contributed by atoms with van der Waals surface area (Å²) in [5.74, 6) is 6.02. The molecule has 0 bridgehead atoms. The maximum atomic E-state index is 13.6. The van der Waals surface area contributed by atoms with Crippen molar-refractivity contribution in [2.45, 2.75) is 52.0 Å². The number of halogens is 1. The highest BCUT2D eigenvalue weighted by Crippen LogP contribution is 2.20. The Hall–Kier alpha value is -0.930. The molecule has 18 heavy (non-hydrogen) atoms. The lowest BCUT2D eigenvalue weighted by Crippen LogP contribution is -2.42. The van der Waals surface area contributed by atoms with Crippen LogP contribution in [0.15, 0.2) is 24.3 Å². The van der Waals surface area contributed by atoms with E-state index in [0.29, 0.717) is 12.3 Å². The van der Waals surface area contributed by atoms with Crippen LogP contribution >= 0.6 is 0 Å². The topological polar surface area (TPSA) is 38.0 Å². The van der Waals surface area contributed by atoms with Crippen molar-refractivity contribution in [3.05, 3.63) is 35.6 Å². The van der Waals surface area contributed by atoms with Crippen LogP contribution in [0.3, 0.4) is 0 Å². The summed E-state index contributed by atoms with van der Waals surface area (Å²) in [5.41, 5.74) is 3.62. The van der Waals surface area contributed by atoms with Gasteiger partial charge in [-0.25, -0.2) is 4.39 Å². The van der Waals surface area contributed by atoms with E-state index >= 15 is 0 Å². The van der Waals surface area contributed by atoms with Crippen molar-refractivity contribution in [1.82, 2.24) is 5.43 Å². The largest absolute Gasteiger partial charge is 0.271 e. The Morgan fingerprint density at radius 1 is 1.28 bits per heavy atom. The zero-order valence-corrected chi connectivity index (χ0v) is 11.5. The van der Waals surface area contributed by atoms with Crippen molar-refractivity contribution >= 4 is 0 Å². The number of unbranched alkanes of at least 4 members (excludes halogenated alkanes) is 1. The average Bonchev–Trinajstić information content (AvgIpc) is 2.40. The SMILES string of the molecule is CCCCC(CC)C(Cc1ccccc1F)NN. The Labute approximate surface area is 110 Å². The van der Waals surface area contributed by atoms with Crippen molar-refractivity contribution < 1.29 is 4.39 Å². The summed E-state index contributed by atoms with van der Waals surface area (Å²) in [4.78, 5) is 0. The van der Waals surface area contributed by atoms with Crippen LogP contribution in [0.2, 0.25) is 0 Å². The maximum Gasteiger partial charge on any atom is 0.126 e. The van der Waals surface area contributed by atoms with Gasteiger partial charge in [-0.2, -0.15) is 0 Å². The quantitative estimate of drug-likeness (QED) is 0.549. The molecule has 0 aliphatic carbocycles. The summed E-state index contributed by atoms with van der Waals surface area (Å²) in [5, 5.41) is 0. The van der Waals surface area contributed by atoms with Crippen LogP contribution in [-0.2, 0) is 6.42 Å². The summed E-state index contributed by atoms with van der Waals surface area (Å²) in [7, 11) is 0. The molecule has 1 aromatic carbocycles. The normalized spacial score (nSPS) is 14.4. The highest BCUT2D eigenvalue weighted by Gasteiger charge is 2.19. The van der Waals surface area contributed by atoms with Gasteiger partial charge in [0.1, 0.15) is 5.82 Å². The van der Waals surface area contributed by atoms with Crippen LogP contribution in [0.5, 0.6) is 0 Å². The van der Waals surface area contributed by atoms with Gasteiger partial charge in [0.15, 0.2) is 0 Å². The van der Waals surface area contributed by atoms with E-state index in [4.69, 9.17) is 5.84 Å². The van der Waals surface area contributed by atoms with Gasteiger partial charge in [0.05, 0.1) is 0 Å². The minimum absolute atomic E-state index is 0.136. The Bertz CT molecular complexity index is 341. The van der Waals surface area contributed by atoms with E-state index in [1.165, 1.54) is 18.9 Å². The summed E-state index contributed by atoms with van der Waals surface area (Å²) in [6.07, 6.45) is 5.27. The molecule has 2 unspecified atom stereocenters. The fourth-order valence-corrected chi connectivity index (χ4v) is 2.42. The fourth-order valence-electron chi connectivity index (χ4n) is 2.42. The van der Waals surface area contributed by atoms with Crippen LogP contribution in [-0.4, -0.2) is 6.04 Å². The summed E-state index contributed by atoms with van der Waals surface area (Å²) in [6, 6.07) is 7.09. The van der Waals surface area contributed by atoms with E-state index in [0.717, 1.165) is 18.4 Å². The molecule has 1 rings (SSSR count). The molecule has 0 aliphatic heterocycles. The van der Waals surface area contributed by atoms with Crippen molar-refractivity contribution in [1.29, 1.82) is 0 Å². The van der Waals surface area contributed by atoms with Gasteiger partial charge in [-0.3, -0.25) is 11.3 Å². The standard InChI is InChI=1S/C15H25FN2/c1-3-5-8-12(4-2)15(18-17)11-13-9-6-7-10-14(13)16/h6-7,9-10,12,15,18H,3-5,8,11,17H2,1-2H3. The molecule has 102 valence electrons. The van der Waals surface area contributed by atoms with Gasteiger partial charge in [-0.05, 0) is 30.4 Å². The molecule has 0 radical (unpaired) electrons. The predicted molar refractivity (Wildman–Crippen MR) is 74.5 cm³/mol. The lowest BCUT2D eigenvalue weighted by molar-refractivity contribution is 0.316. The molecule has 0 aromatic heterocycles. The highest BCUT2D eigenvalue weighted by molar-refractivity contribution is 5.18. The van der Waals surface area contributed by atoms with Gasteiger partial charge >= 0.3 is 0 Å². The van der Waals surface area contributed by atoms with E-state index in [9.17, 15) is 4.39 Å². The molecule has 0 heterocycles. The van der Waals surface area contributed by atoms with Crippen LogP contribution in [0.25, 0.3) is 0 Å². The number of hydrogen-bond acceptors (Lipinski definition) is 2. The molecular formula is C15H25FN2. The molecule has 0 saturated carbocycles. The number of benzene rings is 1. The molecule has 0 aliphatic rings. The van der Waals surface area contributed by atoms with Crippen LogP contribution < -0.4 is 11.3 Å². The third kappa shape index (κ3) is 4.39. The molecule has 0 spiro atoms. The number of hydrazine groups is 1. The number of nitrogens with two attached hydrogens (primary N) is 1. The first kappa shape index (κ1) is 15.1. The smallest absolute Gasteiger partial charge is 0.126 e. The highest BCUT2D eigenvalue weighted by atomic mass is 19.1. The molecule has 2 nitrogen and oxygen atoms in total. The van der Waals surface area contributed by atoms with Crippen LogP contribution in [0.1, 0.15) is 45.1 Å². The Morgan fingerprint density at radius 3 is 2.56 bits per heavy atom. The Morgan fingerprint density at radius 2 is 2.00 bits per heavy atom. The first-order chi connectivity index (χ1) is 8.72. The molecule has 3 heteroatoms. The van der Waals surface area contributed by atoms with Crippen molar-refractivity contribution in [3.63, 3.8) is 0 Å². The molecule has 0 amide bonds. The zero-order chi connectivity index (χ0) is 13.4. The Kier molecular flexibility index (Phi) is 6.91. The third-order valence-electron chi connectivity index (χ3n) is 3.63. The van der Waals surface area contributed by atoms with Crippen LogP contribution in [0, 0.1) is 11.7 Å². The van der Waals surface area contributed by atoms with Gasteiger partial charge in [0, 0.05) is 6.04 Å². The molecule has 3 N–H and O–H groups in total. The minimum Gasteiger partial charge on any atom is -0.271 e. The second kappa shape index (κ2) is 8.22. The minimum atomic E-state index is -0.136. The molecular weight excluding hydrogens is 227 g/mol. The first-order valence-electron chi connectivity index (χ1n) is 6.92. The number of rotatable bonds is 8. The van der Waals surface area contributed by atoms with Crippen molar-refractivity contribution in [3.8, 4) is 0 Å². The Balaban J connectivity index is 2.67. The molecule has 0 saturated heterocycles. The van der Waals surface area contributed by atoms with E-state index in [1.807, 2.05) is 12.1 Å². The van der Waals surface area contributed by atoms with E-state index in [2.05, 4.69) is 19.3 Å². The van der Waals surface area contributed by atoms with E-state index in [-0.39, 0.29) is 11.9 Å². The second-order valence-corrected chi connectivity index (χ2v) is 4.88. The van der Waals surface area contributed by atoms with Gasteiger partial charge in [0.25, 0.3) is 0 Å². The monoisotopic (exact) mass is 252 g/mol. The lowest BCUT2D eigenvalue weighted by Gasteiger charge is -2.26. The first-order valence-corrected chi connectivity index (χ1v) is 6.92. The average molecular weight is 252 g/mol. The second-order valence-electron chi connectivity index (χ2n) is 4.88. The predicted octanol–water partition coefficient (Wildman–Crippen LogP) is 3.42. The summed E-state index contributed by atoms with van der Waals surface area (Å²) < 4.78 is 13.6. The molecule has 0 fully saturated rings. The van der Waals surface area contributed by atoms with E-state index < -0.39 is 0 Å².